The molecule has 0 aliphatic carbocycles. The molecule has 2 heterocycles. The number of nitrogens with zero attached hydrogens (tertiary/aromatic N) is 4. The second-order valence-electron chi connectivity index (χ2n) is 8.01. The number of halogens is 3. The summed E-state index contributed by atoms with van der Waals surface area (Å²) in [5, 5.41) is 0. The molecule has 1 saturated heterocycles. The Labute approximate surface area is 187 Å². The largest absolute Gasteiger partial charge is 0.573 e. The fourth-order valence-electron chi connectivity index (χ4n) is 3.83. The van der Waals surface area contributed by atoms with E-state index in [1.807, 2.05) is 4.90 Å². The number of anilines is 1. The van der Waals surface area contributed by atoms with E-state index in [1.165, 1.54) is 26.2 Å². The molecule has 0 amide bonds. The van der Waals surface area contributed by atoms with E-state index in [2.05, 4.69) is 9.64 Å². The monoisotopic (exact) mass is 469 g/mol. The van der Waals surface area contributed by atoms with Crippen molar-refractivity contribution < 1.29 is 22.7 Å². The van der Waals surface area contributed by atoms with Gasteiger partial charge < -0.3 is 10.5 Å². The summed E-state index contributed by atoms with van der Waals surface area (Å²) in [6, 6.07) is 5.10. The number of nitrogen functional groups attached to an aromatic ring is 1. The highest BCUT2D eigenvalue weighted by Crippen LogP contribution is 2.23. The van der Waals surface area contributed by atoms with Crippen LogP contribution in [0.1, 0.15) is 22.8 Å². The van der Waals surface area contributed by atoms with E-state index in [1.54, 1.807) is 19.1 Å². The van der Waals surface area contributed by atoms with Crippen molar-refractivity contribution in [2.45, 2.75) is 25.9 Å². The Hall–Kier alpha value is -3.12. The standard InChI is InChI=1S/C21H26F3N5O4/c1-13(17(30)16-18(25)26(2)20(32)27(3)19(16)31)29-10-8-28(9-11-29)12-14-4-6-15(7-5-14)33-21(22,23)24/h4-7,13H,8-12,25H2,1-3H3. The van der Waals surface area contributed by atoms with Crippen molar-refractivity contribution in [3.05, 3.63) is 56.2 Å². The summed E-state index contributed by atoms with van der Waals surface area (Å²) in [4.78, 5) is 41.6. The average Bonchev–Trinajstić information content (AvgIpc) is 2.77. The quantitative estimate of drug-likeness (QED) is 0.629. The Morgan fingerprint density at radius 2 is 1.64 bits per heavy atom. The number of hydrogen-bond donors (Lipinski definition) is 1. The molecule has 3 rings (SSSR count). The van der Waals surface area contributed by atoms with E-state index in [-0.39, 0.29) is 17.1 Å². The number of ketones is 1. The molecule has 1 aromatic heterocycles. The van der Waals surface area contributed by atoms with Gasteiger partial charge in [-0.2, -0.15) is 0 Å². The van der Waals surface area contributed by atoms with Gasteiger partial charge in [-0.05, 0) is 24.6 Å². The van der Waals surface area contributed by atoms with Crippen LogP contribution in [0.2, 0.25) is 0 Å². The van der Waals surface area contributed by atoms with Gasteiger partial charge in [0.25, 0.3) is 5.56 Å². The molecular weight excluding hydrogens is 443 g/mol. The fourth-order valence-corrected chi connectivity index (χ4v) is 3.83. The zero-order valence-electron chi connectivity index (χ0n) is 18.6. The van der Waals surface area contributed by atoms with Crippen molar-refractivity contribution >= 4 is 11.6 Å². The van der Waals surface area contributed by atoms with Crippen LogP contribution >= 0.6 is 0 Å². The number of hydrogen-bond acceptors (Lipinski definition) is 7. The minimum atomic E-state index is -4.73. The molecule has 33 heavy (non-hydrogen) atoms. The number of benzene rings is 1. The van der Waals surface area contributed by atoms with E-state index in [9.17, 15) is 27.6 Å². The Morgan fingerprint density at radius 3 is 2.18 bits per heavy atom. The molecular formula is C21H26F3N5O4. The Kier molecular flexibility index (Phi) is 6.98. The first kappa shape index (κ1) is 24.5. The average molecular weight is 469 g/mol. The number of carbonyl (C=O) groups excluding carboxylic acids is 1. The predicted octanol–water partition coefficient (Wildman–Crippen LogP) is 0.954. The van der Waals surface area contributed by atoms with Crippen LogP contribution in [0.15, 0.2) is 33.9 Å². The molecule has 1 unspecified atom stereocenters. The summed E-state index contributed by atoms with van der Waals surface area (Å²) in [5.41, 5.74) is 5.22. The third kappa shape index (κ3) is 5.45. The lowest BCUT2D eigenvalue weighted by Crippen LogP contribution is -2.52. The molecule has 0 saturated carbocycles. The second-order valence-corrected chi connectivity index (χ2v) is 8.01. The van der Waals surface area contributed by atoms with Crippen molar-refractivity contribution in [2.75, 3.05) is 31.9 Å². The van der Waals surface area contributed by atoms with Crippen molar-refractivity contribution in [1.29, 1.82) is 0 Å². The molecule has 180 valence electrons. The summed E-state index contributed by atoms with van der Waals surface area (Å²) < 4.78 is 42.7. The van der Waals surface area contributed by atoms with Crippen LogP contribution in [-0.2, 0) is 20.6 Å². The number of ether oxygens (including phenoxy) is 1. The third-order valence-corrected chi connectivity index (χ3v) is 5.85. The van der Waals surface area contributed by atoms with Crippen LogP contribution in [0.25, 0.3) is 0 Å². The zero-order valence-corrected chi connectivity index (χ0v) is 18.6. The molecule has 1 aliphatic rings. The summed E-state index contributed by atoms with van der Waals surface area (Å²) >= 11 is 0. The van der Waals surface area contributed by atoms with Gasteiger partial charge >= 0.3 is 12.1 Å². The van der Waals surface area contributed by atoms with Crippen molar-refractivity contribution in [3.8, 4) is 5.75 Å². The summed E-state index contributed by atoms with van der Waals surface area (Å²) in [6.45, 7) is 4.58. The van der Waals surface area contributed by atoms with Crippen LogP contribution in [-0.4, -0.2) is 63.3 Å². The highest BCUT2D eigenvalue weighted by atomic mass is 19.4. The number of rotatable bonds is 6. The number of nitrogens with two attached hydrogens (primary N) is 1. The van der Waals surface area contributed by atoms with E-state index < -0.39 is 29.4 Å². The van der Waals surface area contributed by atoms with Gasteiger partial charge in [-0.1, -0.05) is 12.1 Å². The summed E-state index contributed by atoms with van der Waals surface area (Å²) in [5.74, 6) is -0.874. The first-order chi connectivity index (χ1) is 15.4. The number of piperazine rings is 1. The smallest absolute Gasteiger partial charge is 0.406 e. The fraction of sp³-hybridized carbons (Fsp3) is 0.476. The molecule has 9 nitrogen and oxygen atoms in total. The van der Waals surface area contributed by atoms with Gasteiger partial charge in [-0.3, -0.25) is 28.5 Å². The first-order valence-corrected chi connectivity index (χ1v) is 10.3. The van der Waals surface area contributed by atoms with Crippen LogP contribution in [0.5, 0.6) is 5.75 Å². The van der Waals surface area contributed by atoms with Crippen molar-refractivity contribution in [3.63, 3.8) is 0 Å². The van der Waals surface area contributed by atoms with Gasteiger partial charge in [0.05, 0.1) is 6.04 Å². The number of alkyl halides is 3. The van der Waals surface area contributed by atoms with Crippen LogP contribution in [0, 0.1) is 0 Å². The molecule has 1 atom stereocenters. The Bertz CT molecular complexity index is 1130. The van der Waals surface area contributed by atoms with Crippen LogP contribution in [0.4, 0.5) is 19.0 Å². The van der Waals surface area contributed by atoms with E-state index in [4.69, 9.17) is 5.73 Å². The zero-order chi connectivity index (χ0) is 24.5. The molecule has 0 bridgehead atoms. The van der Waals surface area contributed by atoms with Crippen molar-refractivity contribution in [2.24, 2.45) is 14.1 Å². The molecule has 2 N–H and O–H groups in total. The Morgan fingerprint density at radius 1 is 1.06 bits per heavy atom. The van der Waals surface area contributed by atoms with Gasteiger partial charge in [0.15, 0.2) is 5.78 Å². The van der Waals surface area contributed by atoms with E-state index in [0.29, 0.717) is 32.7 Å². The predicted molar refractivity (Wildman–Crippen MR) is 115 cm³/mol. The maximum Gasteiger partial charge on any atom is 0.573 e. The van der Waals surface area contributed by atoms with Gasteiger partial charge in [-0.25, -0.2) is 4.79 Å². The molecule has 0 radical (unpaired) electrons. The third-order valence-electron chi connectivity index (χ3n) is 5.85. The van der Waals surface area contributed by atoms with E-state index >= 15 is 0 Å². The molecule has 12 heteroatoms. The second kappa shape index (κ2) is 9.40. The molecule has 0 spiro atoms. The lowest BCUT2D eigenvalue weighted by molar-refractivity contribution is -0.274. The lowest BCUT2D eigenvalue weighted by atomic mass is 10.0. The first-order valence-electron chi connectivity index (χ1n) is 10.3. The van der Waals surface area contributed by atoms with Crippen LogP contribution in [0.3, 0.4) is 0 Å². The van der Waals surface area contributed by atoms with Crippen molar-refractivity contribution in [1.82, 2.24) is 18.9 Å². The highest BCUT2D eigenvalue weighted by molar-refractivity contribution is 6.03. The molecule has 2 aromatic rings. The normalized spacial score (nSPS) is 16.5. The minimum absolute atomic E-state index is 0.156. The van der Waals surface area contributed by atoms with Gasteiger partial charge in [0, 0.05) is 46.8 Å². The van der Waals surface area contributed by atoms with E-state index in [0.717, 1.165) is 14.7 Å². The Balaban J connectivity index is 1.62. The van der Waals surface area contributed by atoms with Gasteiger partial charge in [0.1, 0.15) is 17.1 Å². The maximum absolute atomic E-state index is 13.0. The number of aromatic nitrogens is 2. The van der Waals surface area contributed by atoms with Gasteiger partial charge in [0.2, 0.25) is 0 Å². The topological polar surface area (TPSA) is 103 Å². The lowest BCUT2D eigenvalue weighted by Gasteiger charge is -2.37. The van der Waals surface area contributed by atoms with Crippen LogP contribution < -0.4 is 21.7 Å². The molecule has 1 fully saturated rings. The SMILES string of the molecule is CC(C(=O)c1c(N)n(C)c(=O)n(C)c1=O)N1CCN(Cc2ccc(OC(F)(F)F)cc2)CC1. The summed E-state index contributed by atoms with van der Waals surface area (Å²) in [7, 11) is 2.70. The number of Topliss-reactive ketones (excluding diaryl/α,β-unsaturated/α-hetero) is 1. The minimum Gasteiger partial charge on any atom is -0.406 e. The molecule has 1 aliphatic heterocycles. The van der Waals surface area contributed by atoms with Gasteiger partial charge in [-0.15, -0.1) is 13.2 Å². The summed E-state index contributed by atoms with van der Waals surface area (Å²) in [6.07, 6.45) is -4.73. The molecule has 1 aromatic carbocycles. The number of carbonyl (C=O) groups is 1. The highest BCUT2D eigenvalue weighted by Gasteiger charge is 2.32. The maximum atomic E-state index is 13.0.